The van der Waals surface area contributed by atoms with Gasteiger partial charge in [-0.15, -0.1) is 0 Å². The highest BCUT2D eigenvalue weighted by atomic mass is 16.6. The molecule has 0 saturated carbocycles. The van der Waals surface area contributed by atoms with E-state index in [-0.39, 0.29) is 6.61 Å². The smallest absolute Gasteiger partial charge is 0.407 e. The average molecular weight is 321 g/mol. The second-order valence-electron chi connectivity index (χ2n) is 5.84. The summed E-state index contributed by atoms with van der Waals surface area (Å²) in [6.07, 6.45) is 0.0732. The minimum absolute atomic E-state index is 0.275. The van der Waals surface area contributed by atoms with Gasteiger partial charge in [0, 0.05) is 13.0 Å². The number of aromatic nitrogens is 1. The molecule has 0 fully saturated rings. The Bertz CT molecular complexity index is 593. The molecule has 0 bridgehead atoms. The van der Waals surface area contributed by atoms with Gasteiger partial charge in [0.05, 0.1) is 13.2 Å². The summed E-state index contributed by atoms with van der Waals surface area (Å²) < 4.78 is 11.7. The Morgan fingerprint density at radius 2 is 2.04 bits per heavy atom. The lowest BCUT2D eigenvalue weighted by atomic mass is 10.2. The van der Waals surface area contributed by atoms with Crippen LogP contribution in [0.25, 0.3) is 4.85 Å². The summed E-state index contributed by atoms with van der Waals surface area (Å²) in [5, 5.41) is 2.64. The van der Waals surface area contributed by atoms with Crippen LogP contribution in [0, 0.1) is 6.57 Å². The molecule has 23 heavy (non-hydrogen) atoms. The molecule has 0 spiro atoms. The zero-order chi connectivity index (χ0) is 17.5. The Kier molecular flexibility index (Phi) is 6.64. The van der Waals surface area contributed by atoms with Crippen molar-refractivity contribution >= 4 is 17.9 Å². The third kappa shape index (κ3) is 6.02. The Hall–Kier alpha value is -2.49. The molecule has 0 unspecified atom stereocenters. The van der Waals surface area contributed by atoms with Crippen LogP contribution >= 0.6 is 0 Å². The first-order valence-electron chi connectivity index (χ1n) is 7.49. The van der Waals surface area contributed by atoms with E-state index in [1.165, 1.54) is 0 Å². The highest BCUT2D eigenvalue weighted by molar-refractivity contribution is 5.88. The van der Waals surface area contributed by atoms with E-state index in [4.69, 9.17) is 16.0 Å². The number of hydrogen-bond donors (Lipinski definition) is 1. The standard InChI is InChI=1S/C16H23N3O4/c1-6-22-14(20)12-8-9-13(17-5)19(12)11-7-10-18-15(21)23-16(2,3)4/h8-9H,6-7,10-11H2,1-4H3,(H,18,21). The van der Waals surface area contributed by atoms with Crippen LogP contribution in [-0.2, 0) is 16.0 Å². The molecule has 0 aliphatic rings. The SMILES string of the molecule is [C-]#[N+]c1ccc(C(=O)OCC)n1CCCNC(=O)OC(C)(C)C. The monoisotopic (exact) mass is 321 g/mol. The average Bonchev–Trinajstić information content (AvgIpc) is 2.85. The van der Waals surface area contributed by atoms with E-state index >= 15 is 0 Å². The quantitative estimate of drug-likeness (QED) is 0.496. The first-order valence-corrected chi connectivity index (χ1v) is 7.49. The molecule has 1 heterocycles. The molecular formula is C16H23N3O4. The Morgan fingerprint density at radius 3 is 2.61 bits per heavy atom. The largest absolute Gasteiger partial charge is 0.460 e. The minimum atomic E-state index is -0.543. The topological polar surface area (TPSA) is 73.9 Å². The zero-order valence-electron chi connectivity index (χ0n) is 14.0. The number of carbonyl (C=O) groups is 2. The van der Waals surface area contributed by atoms with Crippen LogP contribution in [0.3, 0.4) is 0 Å². The van der Waals surface area contributed by atoms with E-state index in [2.05, 4.69) is 10.2 Å². The van der Waals surface area contributed by atoms with Crippen LogP contribution in [0.2, 0.25) is 0 Å². The molecule has 0 atom stereocenters. The van der Waals surface area contributed by atoms with Gasteiger partial charge in [0.1, 0.15) is 5.60 Å². The summed E-state index contributed by atoms with van der Waals surface area (Å²) in [4.78, 5) is 26.8. The van der Waals surface area contributed by atoms with Crippen molar-refractivity contribution in [2.45, 2.75) is 46.3 Å². The Labute approximate surface area is 136 Å². The van der Waals surface area contributed by atoms with Gasteiger partial charge in [-0.25, -0.2) is 9.59 Å². The van der Waals surface area contributed by atoms with E-state index < -0.39 is 17.7 Å². The van der Waals surface area contributed by atoms with E-state index in [1.807, 2.05) is 0 Å². The first kappa shape index (κ1) is 18.6. The van der Waals surface area contributed by atoms with Crippen LogP contribution < -0.4 is 5.32 Å². The molecule has 0 aromatic carbocycles. The van der Waals surface area contributed by atoms with Crippen LogP contribution in [0.4, 0.5) is 10.6 Å². The van der Waals surface area contributed by atoms with Crippen LogP contribution in [0.1, 0.15) is 44.6 Å². The van der Waals surface area contributed by atoms with Gasteiger partial charge in [-0.1, -0.05) is 6.57 Å². The van der Waals surface area contributed by atoms with Crippen molar-refractivity contribution in [3.63, 3.8) is 0 Å². The molecule has 0 radical (unpaired) electrons. The van der Waals surface area contributed by atoms with E-state index in [0.717, 1.165) is 0 Å². The normalized spacial score (nSPS) is 10.7. The number of nitrogens with zero attached hydrogens (tertiary/aromatic N) is 2. The number of carbonyl (C=O) groups excluding carboxylic acids is 2. The molecule has 1 rings (SSSR count). The number of alkyl carbamates (subject to hydrolysis) is 1. The van der Waals surface area contributed by atoms with Gasteiger partial charge in [-0.2, -0.15) is 0 Å². The molecule has 0 aliphatic carbocycles. The van der Waals surface area contributed by atoms with Crippen molar-refractivity contribution in [3.8, 4) is 0 Å². The third-order valence-corrected chi connectivity index (χ3v) is 2.78. The van der Waals surface area contributed by atoms with Crippen LogP contribution in [0.5, 0.6) is 0 Å². The predicted octanol–water partition coefficient (Wildman–Crippen LogP) is 3.13. The predicted molar refractivity (Wildman–Crippen MR) is 85.5 cm³/mol. The Morgan fingerprint density at radius 1 is 1.35 bits per heavy atom. The lowest BCUT2D eigenvalue weighted by Gasteiger charge is -2.19. The fraction of sp³-hybridized carbons (Fsp3) is 0.562. The fourth-order valence-electron chi connectivity index (χ4n) is 1.91. The molecule has 1 aromatic heterocycles. The molecule has 7 nitrogen and oxygen atoms in total. The highest BCUT2D eigenvalue weighted by Crippen LogP contribution is 2.19. The van der Waals surface area contributed by atoms with Crippen molar-refractivity contribution in [1.82, 2.24) is 9.88 Å². The van der Waals surface area contributed by atoms with Crippen molar-refractivity contribution in [3.05, 3.63) is 29.2 Å². The minimum Gasteiger partial charge on any atom is -0.460 e. The number of hydrogen-bond acceptors (Lipinski definition) is 4. The summed E-state index contributed by atoms with van der Waals surface area (Å²) >= 11 is 0. The molecule has 0 aliphatic heterocycles. The lowest BCUT2D eigenvalue weighted by Crippen LogP contribution is -2.33. The summed E-state index contributed by atoms with van der Waals surface area (Å²) in [5.74, 6) is -0.0900. The van der Waals surface area contributed by atoms with Crippen LogP contribution in [0.15, 0.2) is 12.1 Å². The molecule has 7 heteroatoms. The maximum atomic E-state index is 11.9. The second-order valence-corrected chi connectivity index (χ2v) is 5.84. The molecule has 126 valence electrons. The van der Waals surface area contributed by atoms with Gasteiger partial charge in [0.25, 0.3) is 0 Å². The highest BCUT2D eigenvalue weighted by Gasteiger charge is 2.19. The summed E-state index contributed by atoms with van der Waals surface area (Å²) in [6, 6.07) is 3.16. The van der Waals surface area contributed by atoms with E-state index in [1.54, 1.807) is 44.4 Å². The molecule has 0 saturated heterocycles. The van der Waals surface area contributed by atoms with Crippen LogP contribution in [-0.4, -0.2) is 35.4 Å². The van der Waals surface area contributed by atoms with Gasteiger partial charge in [0.15, 0.2) is 5.69 Å². The van der Waals surface area contributed by atoms with E-state index in [9.17, 15) is 9.59 Å². The van der Waals surface area contributed by atoms with Gasteiger partial charge in [-0.05, 0) is 39.8 Å². The fourth-order valence-corrected chi connectivity index (χ4v) is 1.91. The lowest BCUT2D eigenvalue weighted by molar-refractivity contribution is 0.0503. The molecular weight excluding hydrogens is 298 g/mol. The Balaban J connectivity index is 2.58. The zero-order valence-corrected chi connectivity index (χ0v) is 14.0. The van der Waals surface area contributed by atoms with Crippen molar-refractivity contribution < 1.29 is 19.1 Å². The third-order valence-electron chi connectivity index (χ3n) is 2.78. The van der Waals surface area contributed by atoms with Gasteiger partial charge >= 0.3 is 12.1 Å². The molecule has 1 aromatic rings. The summed E-state index contributed by atoms with van der Waals surface area (Å²) in [7, 11) is 0. The van der Waals surface area contributed by atoms with Gasteiger partial charge in [0.2, 0.25) is 5.82 Å². The summed E-state index contributed by atoms with van der Waals surface area (Å²) in [6.45, 7) is 15.3. The number of esters is 1. The maximum absolute atomic E-state index is 11.9. The van der Waals surface area contributed by atoms with Crippen molar-refractivity contribution in [2.24, 2.45) is 0 Å². The number of amides is 1. The van der Waals surface area contributed by atoms with Gasteiger partial charge in [-0.3, -0.25) is 4.57 Å². The maximum Gasteiger partial charge on any atom is 0.407 e. The number of rotatable bonds is 6. The van der Waals surface area contributed by atoms with E-state index in [0.29, 0.717) is 31.0 Å². The summed E-state index contributed by atoms with van der Waals surface area (Å²) in [5.41, 5.74) is -0.200. The number of ether oxygens (including phenoxy) is 2. The second kappa shape index (κ2) is 8.22. The molecule has 1 N–H and O–H groups in total. The first-order chi connectivity index (χ1) is 10.8. The van der Waals surface area contributed by atoms with Crippen molar-refractivity contribution in [2.75, 3.05) is 13.2 Å². The molecule has 1 amide bonds. The number of nitrogens with one attached hydrogen (secondary N) is 1. The van der Waals surface area contributed by atoms with Gasteiger partial charge < -0.3 is 19.6 Å². The van der Waals surface area contributed by atoms with Crippen molar-refractivity contribution in [1.29, 1.82) is 0 Å².